The number of nitrogens with one attached hydrogen (secondary N) is 3. The number of methoxy groups -OCH3 is 1. The Hall–Kier alpha value is -5.90. The number of benzene rings is 4. The number of nitrogens with zero attached hydrogens (tertiary/aromatic N) is 2. The average molecular weight is 796 g/mol. The molecule has 14 nitrogen and oxygen atoms in total. The van der Waals surface area contributed by atoms with Crippen molar-refractivity contribution in [2.45, 2.75) is 62.4 Å². The highest BCUT2D eigenvalue weighted by molar-refractivity contribution is 7.89. The molecule has 0 spiro atoms. The fourth-order valence-corrected chi connectivity index (χ4v) is 8.48. The number of nitrogens with two attached hydrogens (primary N) is 2. The van der Waals surface area contributed by atoms with Crippen molar-refractivity contribution in [2.75, 3.05) is 13.8 Å². The number of hydrogen-bond acceptors (Lipinski definition) is 9. The van der Waals surface area contributed by atoms with Gasteiger partial charge in [0.2, 0.25) is 15.9 Å². The van der Waals surface area contributed by atoms with E-state index in [1.165, 1.54) is 31.4 Å². The topological polar surface area (TPSA) is 233 Å². The van der Waals surface area contributed by atoms with Gasteiger partial charge < -0.3 is 21.5 Å². The summed E-state index contributed by atoms with van der Waals surface area (Å²) in [6.45, 7) is -0.503. The fourth-order valence-electron chi connectivity index (χ4n) is 6.99. The number of Topliss-reactive ketones (excluding diaryl/α,β-unsaturated/α-hetero) is 1. The van der Waals surface area contributed by atoms with Gasteiger partial charge in [0.15, 0.2) is 0 Å². The van der Waals surface area contributed by atoms with E-state index in [1.54, 1.807) is 30.3 Å². The maximum absolute atomic E-state index is 13.2. The number of amides is 2. The van der Waals surface area contributed by atoms with Gasteiger partial charge in [-0.25, -0.2) is 13.5 Å². The van der Waals surface area contributed by atoms with Crippen LogP contribution in [0.3, 0.4) is 0 Å². The number of amidine groups is 2. The summed E-state index contributed by atoms with van der Waals surface area (Å²) in [4.78, 5) is 37.8. The van der Waals surface area contributed by atoms with Gasteiger partial charge in [-0.3, -0.25) is 30.4 Å². The van der Waals surface area contributed by atoms with Crippen molar-refractivity contribution >= 4 is 39.3 Å². The van der Waals surface area contributed by atoms with Gasteiger partial charge in [-0.1, -0.05) is 91.7 Å². The summed E-state index contributed by atoms with van der Waals surface area (Å²) in [5.74, 6) is -0.282. The predicted octanol–water partition coefficient (Wildman–Crippen LogP) is 4.37. The summed E-state index contributed by atoms with van der Waals surface area (Å²) >= 11 is 0. The average Bonchev–Trinajstić information content (AvgIpc) is 3.38. The van der Waals surface area contributed by atoms with Gasteiger partial charge in [-0.05, 0) is 66.6 Å². The molecule has 2 amide bonds. The first kappa shape index (κ1) is 42.2. The second-order valence-electron chi connectivity index (χ2n) is 14.1. The van der Waals surface area contributed by atoms with Crippen LogP contribution in [0.1, 0.15) is 59.9 Å². The molecule has 8 N–H and O–H groups in total. The van der Waals surface area contributed by atoms with Crippen molar-refractivity contribution in [3.63, 3.8) is 0 Å². The number of sulfonamides is 1. The van der Waals surface area contributed by atoms with Crippen molar-refractivity contribution < 1.29 is 32.7 Å². The number of hydroxylamine groups is 2. The van der Waals surface area contributed by atoms with Crippen LogP contribution in [0.4, 0.5) is 0 Å². The third-order valence-corrected chi connectivity index (χ3v) is 12.1. The quantitative estimate of drug-likeness (QED) is 0.0393. The minimum atomic E-state index is -4.11. The lowest BCUT2D eigenvalue weighted by Crippen LogP contribution is -2.58. The number of hydrogen-bond donors (Lipinski definition) is 6. The predicted molar refractivity (Wildman–Crippen MR) is 215 cm³/mol. The van der Waals surface area contributed by atoms with Gasteiger partial charge in [0.1, 0.15) is 29.2 Å². The van der Waals surface area contributed by atoms with Crippen LogP contribution in [-0.2, 0) is 43.8 Å². The molecule has 2 aliphatic rings. The molecule has 2 fully saturated rings. The lowest BCUT2D eigenvalue weighted by Gasteiger charge is -2.34. The van der Waals surface area contributed by atoms with Gasteiger partial charge >= 0.3 is 0 Å². The third-order valence-electron chi connectivity index (χ3n) is 10.2. The number of ketones is 1. The van der Waals surface area contributed by atoms with Crippen LogP contribution >= 0.6 is 0 Å². The van der Waals surface area contributed by atoms with Gasteiger partial charge in [0.05, 0.1) is 31.6 Å². The Labute approximate surface area is 332 Å². The van der Waals surface area contributed by atoms with Crippen LogP contribution in [0.2, 0.25) is 0 Å². The van der Waals surface area contributed by atoms with E-state index in [4.69, 9.17) is 27.0 Å². The molecule has 1 saturated carbocycles. The minimum absolute atomic E-state index is 0.0483. The Bertz CT molecular complexity index is 2080. The largest absolute Gasteiger partial charge is 0.497 e. The number of nitrogen functional groups attached to an aromatic ring is 2. The number of ether oxygens (including phenoxy) is 1. The zero-order valence-electron chi connectivity index (χ0n) is 31.8. The SMILES string of the molecule is COc1ccc(S(=O)(=O)N2CNC(=O)CC2C(=O)N(O)Cc2ccccc2)cc1.N=C(N)c1ccc(C[C@H]2CCCC[C@H](Cc3ccc(C(=N)N)cc3)C2=O)cc1. The molecule has 300 valence electrons. The standard InChI is InChI=1S/C23H28N4O.C19H21N3O6S/c24-22(25)17-9-5-15(6-10-17)13-19-3-1-2-4-20(21(19)28)14-16-7-11-18(12-8-16)23(26)27;1-28-15-7-9-16(10-8-15)29(26,27)22-13-20-18(23)11-17(22)19(24)21(25)12-14-5-3-2-4-6-14/h5-12,19-20H,1-4,13-14H2,(H3,24,25)(H3,26,27);2-10,17,25H,11-13H2,1H3,(H,20,23)/t19-,20-;/m1./s1. The monoisotopic (exact) mass is 795 g/mol. The Morgan fingerprint density at radius 3 is 1.79 bits per heavy atom. The molecule has 1 unspecified atom stereocenters. The summed E-state index contributed by atoms with van der Waals surface area (Å²) < 4.78 is 32.1. The Morgan fingerprint density at radius 2 is 1.32 bits per heavy atom. The van der Waals surface area contributed by atoms with Crippen LogP contribution in [0.15, 0.2) is 108 Å². The zero-order valence-corrected chi connectivity index (χ0v) is 32.6. The van der Waals surface area contributed by atoms with E-state index >= 15 is 0 Å². The van der Waals surface area contributed by atoms with E-state index in [0.717, 1.165) is 54.0 Å². The molecule has 1 aliphatic heterocycles. The number of carbonyl (C=O) groups is 3. The number of carbonyl (C=O) groups excluding carboxylic acids is 3. The molecule has 3 atom stereocenters. The molecule has 1 saturated heterocycles. The van der Waals surface area contributed by atoms with Crippen LogP contribution < -0.4 is 21.5 Å². The summed E-state index contributed by atoms with van der Waals surface area (Å²) in [5, 5.41) is 28.1. The zero-order chi connectivity index (χ0) is 41.1. The van der Waals surface area contributed by atoms with Crippen LogP contribution in [0.5, 0.6) is 5.75 Å². The molecular weight excluding hydrogens is 747 g/mol. The van der Waals surface area contributed by atoms with Crippen LogP contribution in [0.25, 0.3) is 0 Å². The molecule has 15 heteroatoms. The van der Waals surface area contributed by atoms with E-state index < -0.39 is 27.9 Å². The first-order chi connectivity index (χ1) is 27.3. The van der Waals surface area contributed by atoms with Gasteiger partial charge in [0, 0.05) is 23.0 Å². The Kier molecular flexibility index (Phi) is 14.3. The van der Waals surface area contributed by atoms with E-state index in [0.29, 0.717) is 33.3 Å². The molecule has 1 aliphatic carbocycles. The minimum Gasteiger partial charge on any atom is -0.497 e. The van der Waals surface area contributed by atoms with Crippen molar-refractivity contribution in [1.82, 2.24) is 14.7 Å². The first-order valence-corrected chi connectivity index (χ1v) is 20.1. The highest BCUT2D eigenvalue weighted by atomic mass is 32.2. The molecule has 6 rings (SSSR count). The molecule has 4 aromatic rings. The Morgan fingerprint density at radius 1 is 0.807 bits per heavy atom. The van der Waals surface area contributed by atoms with E-state index in [-0.39, 0.29) is 48.0 Å². The third kappa shape index (κ3) is 11.1. The molecule has 4 aromatic carbocycles. The lowest BCUT2D eigenvalue weighted by atomic mass is 9.83. The van der Waals surface area contributed by atoms with E-state index in [9.17, 15) is 28.0 Å². The molecule has 0 bridgehead atoms. The summed E-state index contributed by atoms with van der Waals surface area (Å²) in [6, 6.07) is 28.4. The maximum atomic E-state index is 13.2. The highest BCUT2D eigenvalue weighted by Gasteiger charge is 2.42. The highest BCUT2D eigenvalue weighted by Crippen LogP contribution is 2.30. The lowest BCUT2D eigenvalue weighted by molar-refractivity contribution is -0.174. The fraction of sp³-hybridized carbons (Fsp3) is 0.310. The van der Waals surface area contributed by atoms with Crippen LogP contribution in [0, 0.1) is 22.7 Å². The summed E-state index contributed by atoms with van der Waals surface area (Å²) in [6.07, 6.45) is 5.15. The first-order valence-electron chi connectivity index (χ1n) is 18.6. The summed E-state index contributed by atoms with van der Waals surface area (Å²) in [7, 11) is -2.65. The van der Waals surface area contributed by atoms with E-state index in [1.807, 2.05) is 48.5 Å². The second-order valence-corrected chi connectivity index (χ2v) is 16.0. The summed E-state index contributed by atoms with van der Waals surface area (Å²) in [5.41, 5.74) is 15.4. The molecule has 0 aromatic heterocycles. The van der Waals surface area contributed by atoms with Gasteiger partial charge in [0.25, 0.3) is 5.91 Å². The van der Waals surface area contributed by atoms with Gasteiger partial charge in [-0.2, -0.15) is 4.31 Å². The maximum Gasteiger partial charge on any atom is 0.265 e. The smallest absolute Gasteiger partial charge is 0.265 e. The van der Waals surface area contributed by atoms with Crippen molar-refractivity contribution in [3.8, 4) is 5.75 Å². The molecule has 1 heterocycles. The second kappa shape index (κ2) is 19.3. The van der Waals surface area contributed by atoms with Gasteiger partial charge in [-0.15, -0.1) is 0 Å². The van der Waals surface area contributed by atoms with Crippen molar-refractivity contribution in [2.24, 2.45) is 23.3 Å². The Balaban J connectivity index is 0.000000218. The normalized spacial score (nSPS) is 18.6. The van der Waals surface area contributed by atoms with Crippen LogP contribution in [-0.4, -0.2) is 72.1 Å². The van der Waals surface area contributed by atoms with Crippen molar-refractivity contribution in [1.29, 1.82) is 10.8 Å². The molecule has 0 radical (unpaired) electrons. The van der Waals surface area contributed by atoms with Crippen molar-refractivity contribution in [3.05, 3.63) is 131 Å². The number of rotatable bonds is 12. The van der Waals surface area contributed by atoms with E-state index in [2.05, 4.69) is 5.32 Å². The molecule has 57 heavy (non-hydrogen) atoms. The molecular formula is C42H49N7O7S.